The Morgan fingerprint density at radius 1 is 0.274 bits per heavy atom. The van der Waals surface area contributed by atoms with E-state index in [9.17, 15) is 15.3 Å². The number of hydrogen-bond donors (Lipinski definition) is 3. The molecule has 0 heterocycles. The lowest BCUT2D eigenvalue weighted by atomic mass is 10.0. The maximum atomic E-state index is 10.8. The van der Waals surface area contributed by atoms with Crippen LogP contribution in [-0.4, -0.2) is 33.6 Å². The minimum absolute atomic E-state index is 0.268. The first-order chi connectivity index (χ1) is 35.9. The van der Waals surface area contributed by atoms with Crippen molar-refractivity contribution in [3.63, 3.8) is 0 Å². The molecule has 7 heteroatoms. The van der Waals surface area contributed by atoms with E-state index in [2.05, 4.69) is 57.2 Å². The van der Waals surface area contributed by atoms with Crippen LogP contribution in [0.5, 0.6) is 17.2 Å². The van der Waals surface area contributed by atoms with Gasteiger partial charge in [-0.25, -0.2) is 0 Å². The molecule has 0 fully saturated rings. The summed E-state index contributed by atoms with van der Waals surface area (Å²) in [5.41, 5.74) is 3.53. The second-order valence-corrected chi connectivity index (χ2v) is 23.0. The van der Waals surface area contributed by atoms with Crippen molar-refractivity contribution >= 4 is 8.60 Å². The van der Waals surface area contributed by atoms with Crippen molar-refractivity contribution in [2.75, 3.05) is 0 Å². The van der Waals surface area contributed by atoms with E-state index in [1.54, 1.807) is 0 Å². The van der Waals surface area contributed by atoms with Gasteiger partial charge in [0, 0.05) is 0 Å². The first-order valence-corrected chi connectivity index (χ1v) is 32.1. The zero-order chi connectivity index (χ0) is 52.1. The van der Waals surface area contributed by atoms with Crippen molar-refractivity contribution in [1.29, 1.82) is 0 Å². The zero-order valence-electron chi connectivity index (χ0n) is 47.4. The molecule has 416 valence electrons. The van der Waals surface area contributed by atoms with Gasteiger partial charge in [0.25, 0.3) is 0 Å². The molecular weight excluding hydrogens is 920 g/mol. The molecule has 0 bridgehead atoms. The first kappa shape index (κ1) is 64.7. The fourth-order valence-corrected chi connectivity index (χ4v) is 11.0. The third kappa shape index (κ3) is 36.1. The van der Waals surface area contributed by atoms with Crippen molar-refractivity contribution in [1.82, 2.24) is 0 Å². The zero-order valence-corrected chi connectivity index (χ0v) is 48.3. The molecule has 0 aromatic heterocycles. The van der Waals surface area contributed by atoms with Crippen molar-refractivity contribution in [2.24, 2.45) is 0 Å². The third-order valence-corrected chi connectivity index (χ3v) is 16.1. The Hall–Kier alpha value is -2.63. The first-order valence-electron chi connectivity index (χ1n) is 31.0. The summed E-state index contributed by atoms with van der Waals surface area (Å²) in [6, 6.07) is 24.3. The maximum Gasteiger partial charge on any atom is 0.530 e. The van der Waals surface area contributed by atoms with E-state index in [0.29, 0.717) is 17.2 Å². The summed E-state index contributed by atoms with van der Waals surface area (Å²) < 4.78 is 19.3. The summed E-state index contributed by atoms with van der Waals surface area (Å²) in [6.45, 7) is 6.83. The van der Waals surface area contributed by atoms with Crippen LogP contribution in [-0.2, 0) is 19.3 Å². The standard InChI is InChI=1S/C66H111O6P/c1-4-7-10-13-16-19-22-25-28-31-34-37-61(67)49-40-58-43-52-64(53-44-58)70-73(71-65-54-45-59(46-55-65)41-50-62(68)38-35-32-29-26-23-20-17-14-11-8-5-2)72-66-56-47-60(48-57-66)42-51-63(69)39-36-33-30-27-24-21-18-15-12-9-6-3/h43-48,52-57,61-63,67-69H,4-42,49-51H2,1-3H3. The number of benzene rings is 3. The minimum Gasteiger partial charge on any atom is -0.409 e. The molecule has 3 aromatic carbocycles. The number of aliphatic hydroxyl groups is 3. The summed E-state index contributed by atoms with van der Waals surface area (Å²) in [7, 11) is -1.85. The number of rotatable bonds is 51. The van der Waals surface area contributed by atoms with E-state index in [0.717, 1.165) is 77.0 Å². The Bertz CT molecular complexity index is 1440. The van der Waals surface area contributed by atoms with E-state index in [1.165, 1.54) is 209 Å². The largest absolute Gasteiger partial charge is 0.530 e. The van der Waals surface area contributed by atoms with Crippen LogP contribution in [0.15, 0.2) is 72.8 Å². The molecule has 3 rings (SSSR count). The van der Waals surface area contributed by atoms with Gasteiger partial charge in [-0.15, -0.1) is 0 Å². The lowest BCUT2D eigenvalue weighted by Crippen LogP contribution is -2.08. The topological polar surface area (TPSA) is 88.4 Å². The number of unbranched alkanes of at least 4 members (excludes halogenated alkanes) is 30. The molecule has 3 atom stereocenters. The van der Waals surface area contributed by atoms with Crippen LogP contribution < -0.4 is 13.6 Å². The van der Waals surface area contributed by atoms with Gasteiger partial charge in [0.15, 0.2) is 0 Å². The Morgan fingerprint density at radius 3 is 0.671 bits per heavy atom. The van der Waals surface area contributed by atoms with Crippen LogP contribution in [0.4, 0.5) is 0 Å². The second kappa shape index (κ2) is 45.6. The normalized spacial score (nSPS) is 13.2. The van der Waals surface area contributed by atoms with E-state index in [1.807, 2.05) is 36.4 Å². The van der Waals surface area contributed by atoms with Crippen LogP contribution in [0.2, 0.25) is 0 Å². The molecule has 3 aromatic rings. The molecule has 0 amide bonds. The molecule has 3 unspecified atom stereocenters. The smallest absolute Gasteiger partial charge is 0.409 e. The Labute approximate surface area is 451 Å². The van der Waals surface area contributed by atoms with Crippen LogP contribution in [0, 0.1) is 0 Å². The lowest BCUT2D eigenvalue weighted by Gasteiger charge is -2.19. The highest BCUT2D eigenvalue weighted by Gasteiger charge is 2.21. The highest BCUT2D eigenvalue weighted by atomic mass is 31.2. The van der Waals surface area contributed by atoms with Gasteiger partial charge in [-0.05, 0) is 111 Å². The van der Waals surface area contributed by atoms with Crippen LogP contribution >= 0.6 is 8.60 Å². The van der Waals surface area contributed by atoms with Gasteiger partial charge in [-0.3, -0.25) is 0 Å². The van der Waals surface area contributed by atoms with Crippen LogP contribution in [0.3, 0.4) is 0 Å². The Balaban J connectivity index is 1.45. The average molecular weight is 1030 g/mol. The highest BCUT2D eigenvalue weighted by Crippen LogP contribution is 2.42. The summed E-state index contributed by atoms with van der Waals surface area (Å²) in [6.07, 6.45) is 50.2. The molecule has 0 saturated carbocycles. The van der Waals surface area contributed by atoms with Gasteiger partial charge in [-0.1, -0.05) is 269 Å². The summed E-state index contributed by atoms with van der Waals surface area (Å²) in [5, 5.41) is 32.3. The van der Waals surface area contributed by atoms with E-state index in [4.69, 9.17) is 13.6 Å². The SMILES string of the molecule is CCCCCCCCCCCCCC(O)CCc1ccc(OP(Oc2ccc(CCC(O)CCCCCCCCCCCCC)cc2)Oc2ccc(CCC(O)CCCCCCCCCCCCC)cc2)cc1. The van der Waals surface area contributed by atoms with Crippen molar-refractivity contribution < 1.29 is 28.9 Å². The van der Waals surface area contributed by atoms with E-state index < -0.39 is 8.60 Å². The fraction of sp³-hybridized carbons (Fsp3) is 0.727. The predicted molar refractivity (Wildman–Crippen MR) is 314 cm³/mol. The molecule has 0 radical (unpaired) electrons. The molecule has 3 N–H and O–H groups in total. The summed E-state index contributed by atoms with van der Waals surface area (Å²) >= 11 is 0. The number of aryl methyl sites for hydroxylation is 3. The van der Waals surface area contributed by atoms with Crippen LogP contribution in [0.1, 0.15) is 288 Å². The summed E-state index contributed by atoms with van der Waals surface area (Å²) in [5.74, 6) is 2.01. The fourth-order valence-electron chi connectivity index (χ4n) is 10.0. The molecule has 73 heavy (non-hydrogen) atoms. The Morgan fingerprint density at radius 2 is 0.466 bits per heavy atom. The molecule has 0 aliphatic rings. The second-order valence-electron chi connectivity index (χ2n) is 22.0. The Kier molecular flexibility index (Phi) is 40.3. The molecular formula is C66H111O6P. The maximum absolute atomic E-state index is 10.8. The van der Waals surface area contributed by atoms with Crippen molar-refractivity contribution in [3.8, 4) is 17.2 Å². The van der Waals surface area contributed by atoms with Gasteiger partial charge in [0.05, 0.1) is 18.3 Å². The predicted octanol–water partition coefficient (Wildman–Crippen LogP) is 20.4. The van der Waals surface area contributed by atoms with Gasteiger partial charge in [0.1, 0.15) is 17.2 Å². The molecule has 0 aliphatic heterocycles. The van der Waals surface area contributed by atoms with Gasteiger partial charge in [0.2, 0.25) is 0 Å². The number of hydrogen-bond acceptors (Lipinski definition) is 6. The van der Waals surface area contributed by atoms with Crippen molar-refractivity contribution in [2.45, 2.75) is 309 Å². The third-order valence-electron chi connectivity index (χ3n) is 15.0. The van der Waals surface area contributed by atoms with Crippen molar-refractivity contribution in [3.05, 3.63) is 89.5 Å². The monoisotopic (exact) mass is 1030 g/mol. The molecule has 0 spiro atoms. The van der Waals surface area contributed by atoms with Gasteiger partial charge >= 0.3 is 8.60 Å². The molecule has 6 nitrogen and oxygen atoms in total. The highest BCUT2D eigenvalue weighted by molar-refractivity contribution is 7.43. The van der Waals surface area contributed by atoms with Crippen LogP contribution in [0.25, 0.3) is 0 Å². The quantitative estimate of drug-likeness (QED) is 0.0386. The minimum atomic E-state index is -1.85. The average Bonchev–Trinajstić information content (AvgIpc) is 3.40. The molecule has 0 saturated heterocycles. The van der Waals surface area contributed by atoms with E-state index >= 15 is 0 Å². The lowest BCUT2D eigenvalue weighted by molar-refractivity contribution is 0.151. The summed E-state index contributed by atoms with van der Waals surface area (Å²) in [4.78, 5) is 0. The van der Waals surface area contributed by atoms with Gasteiger partial charge < -0.3 is 28.9 Å². The van der Waals surface area contributed by atoms with E-state index in [-0.39, 0.29) is 18.3 Å². The van der Waals surface area contributed by atoms with Gasteiger partial charge in [-0.2, -0.15) is 0 Å². The molecule has 0 aliphatic carbocycles. The number of aliphatic hydroxyl groups excluding tert-OH is 3.